The van der Waals surface area contributed by atoms with Crippen molar-refractivity contribution in [1.82, 2.24) is 20.0 Å². The molecule has 0 aromatic heterocycles. The van der Waals surface area contributed by atoms with Gasteiger partial charge in [0.15, 0.2) is 0 Å². The van der Waals surface area contributed by atoms with Crippen LogP contribution >= 0.6 is 43.5 Å². The van der Waals surface area contributed by atoms with Crippen LogP contribution in [0.5, 0.6) is 0 Å². The van der Waals surface area contributed by atoms with E-state index in [1.807, 2.05) is 62.9 Å². The van der Waals surface area contributed by atoms with Crippen molar-refractivity contribution in [2.24, 2.45) is 0 Å². The smallest absolute Gasteiger partial charge is 0.850 e. The minimum Gasteiger partial charge on any atom is -0.850 e. The Balaban J connectivity index is 0.000000801. The summed E-state index contributed by atoms with van der Waals surface area (Å²) in [5.41, 5.74) is 2.86. The van der Waals surface area contributed by atoms with Gasteiger partial charge in [0.2, 0.25) is 11.8 Å². The Labute approximate surface area is 373 Å². The first kappa shape index (κ1) is 53.1. The summed E-state index contributed by atoms with van der Waals surface area (Å²) in [7, 11) is 0. The van der Waals surface area contributed by atoms with E-state index in [0.29, 0.717) is 38.6 Å². The Hall–Kier alpha value is -1.87. The summed E-state index contributed by atoms with van der Waals surface area (Å²) in [5.74, 6) is 0.417. The monoisotopic (exact) mass is 924 g/mol. The largest absolute Gasteiger partial charge is 1.00 e. The number of carbonyl (C=O) groups excluding carboxylic acids is 4. The number of piperazine rings is 2. The maximum Gasteiger partial charge on any atom is 1.00 e. The first-order valence-corrected chi connectivity index (χ1v) is 20.1. The molecule has 11 nitrogen and oxygen atoms in total. The van der Waals surface area contributed by atoms with E-state index >= 15 is 0 Å². The number of halogens is 3. The van der Waals surface area contributed by atoms with Crippen LogP contribution in [-0.2, 0) is 31.5 Å². The summed E-state index contributed by atoms with van der Waals surface area (Å²) in [4.78, 5) is 52.7. The van der Waals surface area contributed by atoms with Crippen LogP contribution in [0.25, 0.3) is 0 Å². The van der Waals surface area contributed by atoms with Gasteiger partial charge in [0.05, 0.1) is 0 Å². The number of amides is 4. The second-order valence-corrected chi connectivity index (χ2v) is 18.2. The van der Waals surface area contributed by atoms with Crippen molar-refractivity contribution >= 4 is 67.5 Å². The number of rotatable bonds is 3. The van der Waals surface area contributed by atoms with Crippen LogP contribution in [0.2, 0.25) is 0 Å². The third-order valence-electron chi connectivity index (χ3n) is 7.62. The molecule has 0 aliphatic carbocycles. The molecule has 2 heterocycles. The molecule has 1 N–H and O–H groups in total. The summed E-state index contributed by atoms with van der Waals surface area (Å²) in [6.07, 6.45) is -0.854. The average Bonchev–Trinajstić information content (AvgIpc) is 3.00. The van der Waals surface area contributed by atoms with Crippen molar-refractivity contribution in [3.8, 4) is 0 Å². The summed E-state index contributed by atoms with van der Waals surface area (Å²) < 4.78 is 12.7. The van der Waals surface area contributed by atoms with E-state index in [2.05, 4.69) is 50.2 Å². The Kier molecular flexibility index (Phi) is 22.7. The molecule has 0 radical (unpaired) electrons. The van der Waals surface area contributed by atoms with Gasteiger partial charge >= 0.3 is 41.7 Å². The van der Waals surface area contributed by atoms with E-state index in [0.717, 1.165) is 20.1 Å². The Bertz CT molecular complexity index is 1570. The van der Waals surface area contributed by atoms with Gasteiger partial charge < -0.3 is 24.8 Å². The summed E-state index contributed by atoms with van der Waals surface area (Å²) in [6.45, 7) is 25.9. The second kappa shape index (κ2) is 23.5. The van der Waals surface area contributed by atoms with Crippen molar-refractivity contribution in [3.63, 3.8) is 0 Å². The van der Waals surface area contributed by atoms with Crippen molar-refractivity contribution in [2.45, 2.75) is 131 Å². The number of hydrogen-bond donors (Lipinski definition) is 1. The van der Waals surface area contributed by atoms with Crippen LogP contribution in [0.4, 0.5) is 9.59 Å². The molecule has 2 fully saturated rings. The predicted molar refractivity (Wildman–Crippen MR) is 220 cm³/mol. The van der Waals surface area contributed by atoms with Gasteiger partial charge in [-0.15, -0.1) is 17.2 Å². The van der Waals surface area contributed by atoms with Crippen LogP contribution in [0.1, 0.15) is 98.4 Å². The van der Waals surface area contributed by atoms with E-state index in [1.54, 1.807) is 55.4 Å². The molecule has 15 heteroatoms. The Morgan fingerprint density at radius 1 is 0.782 bits per heavy atom. The average molecular weight is 927 g/mol. The van der Waals surface area contributed by atoms with Crippen LogP contribution in [0.3, 0.4) is 0 Å². The van der Waals surface area contributed by atoms with Crippen molar-refractivity contribution < 1.29 is 63.3 Å². The Morgan fingerprint density at radius 2 is 1.20 bits per heavy atom. The molecular formula is C40H60Br2ClN4NaO7. The number of nitrogens with one attached hydrogen (secondary N) is 1. The molecule has 2 aromatic rings. The molecule has 2 aliphatic heterocycles. The van der Waals surface area contributed by atoms with Crippen LogP contribution < -0.4 is 40.0 Å². The third kappa shape index (κ3) is 20.9. The molecule has 2 aromatic carbocycles. The minimum absolute atomic E-state index is 0. The molecular weight excluding hydrogens is 867 g/mol. The number of ether oxygens (including phenoxy) is 2. The zero-order chi connectivity index (χ0) is 41.8. The third-order valence-corrected chi connectivity index (χ3v) is 8.89. The normalized spacial score (nSPS) is 17.1. The van der Waals surface area contributed by atoms with Gasteiger partial charge in [-0.1, -0.05) is 64.8 Å². The molecule has 2 saturated heterocycles. The van der Waals surface area contributed by atoms with E-state index in [4.69, 9.17) is 21.1 Å². The van der Waals surface area contributed by atoms with E-state index in [1.165, 1.54) is 20.9 Å². The van der Waals surface area contributed by atoms with Gasteiger partial charge in [0.1, 0.15) is 23.3 Å². The molecule has 2 unspecified atom stereocenters. The van der Waals surface area contributed by atoms with Gasteiger partial charge in [-0.25, -0.2) is 9.59 Å². The van der Waals surface area contributed by atoms with E-state index in [-0.39, 0.29) is 41.4 Å². The number of benzene rings is 2. The predicted octanol–water partition coefficient (Wildman–Crippen LogP) is 5.11. The molecule has 0 bridgehead atoms. The summed E-state index contributed by atoms with van der Waals surface area (Å²) in [5, 5.41) is 12.8. The zero-order valence-electron chi connectivity index (χ0n) is 35.2. The number of carbonyl (C=O) groups is 4. The fraction of sp³-hybridized carbons (Fsp3) is 0.600. The molecule has 4 rings (SSSR count). The van der Waals surface area contributed by atoms with Gasteiger partial charge in [-0.3, -0.25) is 19.4 Å². The molecule has 0 saturated carbocycles. The zero-order valence-corrected chi connectivity index (χ0v) is 41.1. The van der Waals surface area contributed by atoms with Crippen molar-refractivity contribution in [1.29, 1.82) is 0 Å². The number of hydrogen-bond acceptors (Lipinski definition) is 7. The molecule has 0 spiro atoms. The summed E-state index contributed by atoms with van der Waals surface area (Å²) in [6, 6.07) is 11.2. The van der Waals surface area contributed by atoms with Gasteiger partial charge in [0.25, 0.3) is 0 Å². The fourth-order valence-electron chi connectivity index (χ4n) is 4.86. The first-order valence-electron chi connectivity index (χ1n) is 18.0. The number of aryl methyl sites for hydroxylation is 2. The number of alkyl halides is 1. The quantitative estimate of drug-likeness (QED) is 0.335. The standard InChI is InChI=1S/C18H25BrN2O3.C10H18N2O3.C8H8BrCl.C4H9O.Na/c1-12-10-15(19)7-6-14(12)11-20-8-9-21(13(2)16(20)22)17(23)24-18(3,4)5;1-7-8(13)11-5-6-12(7)9(14)15-10(2,3)4;1-6-4-8(9)3-2-7(6)5-10;1-4(2,3)5;/h6-7,10,13H,8-9,11H2,1-5H3;7H,5-6H2,1-4H3,(H,11,13);2-4H,5H2,1H3;1-3H3;/q;;;-1;+1. The van der Waals surface area contributed by atoms with Crippen LogP contribution in [-0.4, -0.2) is 93.8 Å². The first-order chi connectivity index (χ1) is 24.6. The second-order valence-electron chi connectivity index (χ2n) is 16.1. The maximum absolute atomic E-state index is 12.7. The van der Waals surface area contributed by atoms with E-state index < -0.39 is 41.1 Å². The maximum atomic E-state index is 12.7. The van der Waals surface area contributed by atoms with E-state index in [9.17, 15) is 24.3 Å². The molecule has 2 aliphatic rings. The molecule has 2 atom stereocenters. The van der Waals surface area contributed by atoms with Crippen LogP contribution in [0.15, 0.2) is 45.3 Å². The SMILES string of the molecule is CC(C)(C)[O-].CC1C(=O)NCCN1C(=O)OC(C)(C)C.Cc1cc(Br)ccc1CCl.Cc1cc(Br)ccc1CN1CCN(C(=O)OC(C)(C)C)C(C)C1=O.[Na+]. The van der Waals surface area contributed by atoms with Gasteiger partial charge in [0, 0.05) is 47.5 Å². The number of nitrogens with zero attached hydrogens (tertiary/aromatic N) is 3. The van der Waals surface area contributed by atoms with Crippen LogP contribution in [0, 0.1) is 13.8 Å². The minimum atomic E-state index is -0.750. The molecule has 4 amide bonds. The van der Waals surface area contributed by atoms with Gasteiger partial charge in [-0.2, -0.15) is 0 Å². The molecule has 304 valence electrons. The van der Waals surface area contributed by atoms with Crippen molar-refractivity contribution in [3.05, 3.63) is 67.6 Å². The summed E-state index contributed by atoms with van der Waals surface area (Å²) >= 11 is 12.5. The molecule has 55 heavy (non-hydrogen) atoms. The van der Waals surface area contributed by atoms with Gasteiger partial charge in [-0.05, 0) is 116 Å². The topological polar surface area (TPSA) is 132 Å². The Morgan fingerprint density at radius 3 is 1.60 bits per heavy atom. The van der Waals surface area contributed by atoms with Crippen molar-refractivity contribution in [2.75, 3.05) is 26.2 Å². The fourth-order valence-corrected chi connectivity index (χ4v) is 6.11.